The van der Waals surface area contributed by atoms with Crippen LogP contribution in [0.3, 0.4) is 0 Å². The Balaban J connectivity index is 2.03. The highest BCUT2D eigenvalue weighted by atomic mass is 14.5. The van der Waals surface area contributed by atoms with Crippen molar-refractivity contribution < 1.29 is 0 Å². The minimum absolute atomic E-state index is 0.759. The van der Waals surface area contributed by atoms with E-state index in [-0.39, 0.29) is 0 Å². The Kier molecular flexibility index (Phi) is 2.38. The Bertz CT molecular complexity index is 107. The molecule has 0 N–H and O–H groups in total. The van der Waals surface area contributed by atoms with Crippen LogP contribution in [-0.2, 0) is 0 Å². The highest BCUT2D eigenvalue weighted by Crippen LogP contribution is 2.55. The van der Waals surface area contributed by atoms with Gasteiger partial charge in [0.1, 0.15) is 0 Å². The number of hydrogen-bond donors (Lipinski definition) is 0. The summed E-state index contributed by atoms with van der Waals surface area (Å²) in [5.41, 5.74) is 0.759. The fourth-order valence-electron chi connectivity index (χ4n) is 1.77. The first-order valence-corrected chi connectivity index (χ1v) is 4.69. The molecule has 1 fully saturated rings. The molecule has 0 bridgehead atoms. The molecule has 0 amide bonds. The molecule has 1 aliphatic rings. The highest BCUT2D eigenvalue weighted by molar-refractivity contribution is 4.95. The molecule has 1 saturated carbocycles. The van der Waals surface area contributed by atoms with Gasteiger partial charge in [-0.2, -0.15) is 0 Å². The second-order valence-corrected chi connectivity index (χ2v) is 4.22. The van der Waals surface area contributed by atoms with Gasteiger partial charge in [-0.15, -0.1) is 0 Å². The third-order valence-electron chi connectivity index (χ3n) is 3.15. The summed E-state index contributed by atoms with van der Waals surface area (Å²) < 4.78 is 0. The van der Waals surface area contributed by atoms with Crippen LogP contribution in [0.2, 0.25) is 0 Å². The summed E-state index contributed by atoms with van der Waals surface area (Å²) >= 11 is 0. The summed E-state index contributed by atoms with van der Waals surface area (Å²) in [7, 11) is 0. The summed E-state index contributed by atoms with van der Waals surface area (Å²) in [6, 6.07) is 0. The second kappa shape index (κ2) is 2.94. The van der Waals surface area contributed by atoms with E-state index in [4.69, 9.17) is 0 Å². The lowest BCUT2D eigenvalue weighted by Gasteiger charge is -2.07. The van der Waals surface area contributed by atoms with Crippen molar-refractivity contribution in [1.82, 2.24) is 0 Å². The predicted molar refractivity (Wildman–Crippen MR) is 46.0 cm³/mol. The van der Waals surface area contributed by atoms with Gasteiger partial charge in [0.05, 0.1) is 0 Å². The van der Waals surface area contributed by atoms with Crippen LogP contribution < -0.4 is 0 Å². The normalized spacial score (nSPS) is 38.1. The van der Waals surface area contributed by atoms with Crippen LogP contribution in [-0.4, -0.2) is 0 Å². The number of rotatable bonds is 4. The average molecular weight is 140 g/mol. The maximum Gasteiger partial charge on any atom is -0.0297 e. The van der Waals surface area contributed by atoms with E-state index in [1.165, 1.54) is 32.1 Å². The predicted octanol–water partition coefficient (Wildman–Crippen LogP) is 3.61. The molecule has 60 valence electrons. The molecule has 0 heterocycles. The lowest BCUT2D eigenvalue weighted by Crippen LogP contribution is -1.95. The molecule has 0 unspecified atom stereocenters. The maximum atomic E-state index is 2.44. The fraction of sp³-hybridized carbons (Fsp3) is 1.00. The molecule has 0 spiro atoms. The molecule has 0 aromatic heterocycles. The van der Waals surface area contributed by atoms with Gasteiger partial charge in [-0.1, -0.05) is 40.0 Å². The second-order valence-electron chi connectivity index (χ2n) is 4.22. The van der Waals surface area contributed by atoms with Crippen molar-refractivity contribution in [2.24, 2.45) is 11.3 Å². The molecule has 0 radical (unpaired) electrons. The van der Waals surface area contributed by atoms with E-state index in [1.54, 1.807) is 0 Å². The topological polar surface area (TPSA) is 0 Å². The van der Waals surface area contributed by atoms with Crippen molar-refractivity contribution in [3.05, 3.63) is 0 Å². The minimum atomic E-state index is 0.759. The first kappa shape index (κ1) is 8.10. The molecule has 0 saturated heterocycles. The van der Waals surface area contributed by atoms with Crippen LogP contribution in [0.15, 0.2) is 0 Å². The highest BCUT2D eigenvalue weighted by Gasteiger charge is 2.45. The lowest BCUT2D eigenvalue weighted by atomic mass is 9.98. The smallest absolute Gasteiger partial charge is 0.0297 e. The van der Waals surface area contributed by atoms with Crippen LogP contribution in [0.1, 0.15) is 52.9 Å². The fourth-order valence-corrected chi connectivity index (χ4v) is 1.77. The molecule has 0 aromatic carbocycles. The van der Waals surface area contributed by atoms with E-state index in [0.29, 0.717) is 0 Å². The van der Waals surface area contributed by atoms with Crippen molar-refractivity contribution in [3.8, 4) is 0 Å². The lowest BCUT2D eigenvalue weighted by molar-refractivity contribution is 0.446. The van der Waals surface area contributed by atoms with E-state index in [1.807, 2.05) is 0 Å². The monoisotopic (exact) mass is 140 g/mol. The summed E-state index contributed by atoms with van der Waals surface area (Å²) in [5, 5.41) is 0. The zero-order valence-corrected chi connectivity index (χ0v) is 7.61. The molecular weight excluding hydrogens is 120 g/mol. The van der Waals surface area contributed by atoms with Crippen molar-refractivity contribution in [1.29, 1.82) is 0 Å². The standard InChI is InChI=1S/C10H20/c1-4-5-6-7-10(3)8-9(10)2/h9H,4-8H2,1-3H3/t9-,10-/m0/s1. The quantitative estimate of drug-likeness (QED) is 0.523. The summed E-state index contributed by atoms with van der Waals surface area (Å²) in [6.07, 6.45) is 7.21. The number of hydrogen-bond acceptors (Lipinski definition) is 0. The van der Waals surface area contributed by atoms with Gasteiger partial charge in [0, 0.05) is 0 Å². The van der Waals surface area contributed by atoms with Crippen LogP contribution in [0.4, 0.5) is 0 Å². The molecule has 1 aliphatic carbocycles. The van der Waals surface area contributed by atoms with Crippen molar-refractivity contribution >= 4 is 0 Å². The molecule has 2 atom stereocenters. The largest absolute Gasteiger partial charge is 0.0654 e. The van der Waals surface area contributed by atoms with E-state index < -0.39 is 0 Å². The van der Waals surface area contributed by atoms with Crippen molar-refractivity contribution in [3.63, 3.8) is 0 Å². The van der Waals surface area contributed by atoms with Crippen LogP contribution >= 0.6 is 0 Å². The Labute approximate surface area is 65.0 Å². The van der Waals surface area contributed by atoms with E-state index >= 15 is 0 Å². The Hall–Kier alpha value is 0. The van der Waals surface area contributed by atoms with Crippen molar-refractivity contribution in [2.75, 3.05) is 0 Å². The molecule has 0 nitrogen and oxygen atoms in total. The zero-order valence-electron chi connectivity index (χ0n) is 7.61. The first-order valence-electron chi connectivity index (χ1n) is 4.69. The SMILES string of the molecule is CCCCC[C@@]1(C)C[C@@H]1C. The molecule has 0 aromatic rings. The van der Waals surface area contributed by atoms with E-state index in [0.717, 1.165) is 11.3 Å². The van der Waals surface area contributed by atoms with Gasteiger partial charge < -0.3 is 0 Å². The Morgan fingerprint density at radius 2 is 2.00 bits per heavy atom. The van der Waals surface area contributed by atoms with Crippen LogP contribution in [0.5, 0.6) is 0 Å². The zero-order chi connectivity index (χ0) is 7.61. The summed E-state index contributed by atoms with van der Waals surface area (Å²) in [4.78, 5) is 0. The van der Waals surface area contributed by atoms with Crippen LogP contribution in [0, 0.1) is 11.3 Å². The molecule has 1 rings (SSSR count). The first-order chi connectivity index (χ1) is 4.69. The van der Waals surface area contributed by atoms with Gasteiger partial charge in [0.15, 0.2) is 0 Å². The Morgan fingerprint density at radius 1 is 1.40 bits per heavy atom. The van der Waals surface area contributed by atoms with Crippen molar-refractivity contribution in [2.45, 2.75) is 52.9 Å². The van der Waals surface area contributed by atoms with E-state index in [9.17, 15) is 0 Å². The van der Waals surface area contributed by atoms with Gasteiger partial charge in [0.2, 0.25) is 0 Å². The van der Waals surface area contributed by atoms with Gasteiger partial charge in [-0.3, -0.25) is 0 Å². The summed E-state index contributed by atoms with van der Waals surface area (Å²) in [5.74, 6) is 1.02. The van der Waals surface area contributed by atoms with Gasteiger partial charge >= 0.3 is 0 Å². The van der Waals surface area contributed by atoms with Gasteiger partial charge in [0.25, 0.3) is 0 Å². The third-order valence-corrected chi connectivity index (χ3v) is 3.15. The van der Waals surface area contributed by atoms with Crippen LogP contribution in [0.25, 0.3) is 0 Å². The molecular formula is C10H20. The number of unbranched alkanes of at least 4 members (excludes halogenated alkanes) is 2. The maximum absolute atomic E-state index is 2.44. The third kappa shape index (κ3) is 1.74. The minimum Gasteiger partial charge on any atom is -0.0654 e. The molecule has 10 heavy (non-hydrogen) atoms. The Morgan fingerprint density at radius 3 is 2.40 bits per heavy atom. The van der Waals surface area contributed by atoms with Gasteiger partial charge in [-0.05, 0) is 24.2 Å². The van der Waals surface area contributed by atoms with E-state index in [2.05, 4.69) is 20.8 Å². The average Bonchev–Trinajstić information content (AvgIpc) is 2.42. The molecule has 0 aliphatic heterocycles. The summed E-state index contributed by atoms with van der Waals surface area (Å²) in [6.45, 7) is 7.10. The van der Waals surface area contributed by atoms with Gasteiger partial charge in [-0.25, -0.2) is 0 Å². The molecule has 0 heteroatoms.